The Morgan fingerprint density at radius 1 is 1.10 bits per heavy atom. The van der Waals surface area contributed by atoms with Crippen LogP contribution in [0.25, 0.3) is 11.3 Å². The van der Waals surface area contributed by atoms with Crippen LogP contribution in [0.3, 0.4) is 0 Å². The number of alkyl halides is 3. The monoisotopic (exact) mass is 502 g/mol. The summed E-state index contributed by atoms with van der Waals surface area (Å²) in [5.74, 6) is -0.178. The third kappa shape index (κ3) is 5.85. The zero-order valence-corrected chi connectivity index (χ0v) is 18.0. The third-order valence-corrected chi connectivity index (χ3v) is 4.88. The fourth-order valence-corrected chi connectivity index (χ4v) is 3.44. The summed E-state index contributed by atoms with van der Waals surface area (Å²) in [6, 6.07) is 16.0. The summed E-state index contributed by atoms with van der Waals surface area (Å²) in [6.45, 7) is 1.61. The van der Waals surface area contributed by atoms with Crippen LogP contribution in [0.1, 0.15) is 18.2 Å². The van der Waals surface area contributed by atoms with Gasteiger partial charge in [-0.3, -0.25) is 0 Å². The Hall–Kier alpha value is -2.34. The van der Waals surface area contributed by atoms with Crippen molar-refractivity contribution in [2.75, 3.05) is 6.61 Å². The molecule has 0 amide bonds. The fraction of sp³-hybridized carbons (Fsp3) is 0.190. The molecule has 0 unspecified atom stereocenters. The molecule has 0 radical (unpaired) electrons. The molecule has 0 aliphatic carbocycles. The largest absolute Gasteiger partial charge is 0.432 e. The number of nitrogens with zero attached hydrogens (tertiary/aromatic N) is 2. The second kappa shape index (κ2) is 10.6. The first-order valence-corrected chi connectivity index (χ1v) is 9.81. The number of aromatic nitrogens is 1. The highest BCUT2D eigenvalue weighted by Gasteiger charge is 2.40. The minimum atomic E-state index is -4.63. The van der Waals surface area contributed by atoms with Gasteiger partial charge < -0.3 is 9.30 Å². The predicted octanol–water partition coefficient (Wildman–Crippen LogP) is 7.28. The van der Waals surface area contributed by atoms with Crippen molar-refractivity contribution in [3.63, 3.8) is 0 Å². The molecule has 3 rings (SSSR count). The lowest BCUT2D eigenvalue weighted by atomic mass is 10.1. The van der Waals surface area contributed by atoms with E-state index >= 15 is 0 Å². The standard InChI is InChI=1S/C15H11BrClF3N2O.C6H5F/c1-2-23-8-22-13(9-3-5-10(17)6-4-9)11(7-21)12(16)14(22)15(18,19)20;7-6-4-2-1-3-5-6/h3-6H,2,8H2,1H3;1-5H. The first-order valence-electron chi connectivity index (χ1n) is 8.64. The van der Waals surface area contributed by atoms with Crippen LogP contribution in [0, 0.1) is 17.1 Å². The highest BCUT2D eigenvalue weighted by molar-refractivity contribution is 9.10. The van der Waals surface area contributed by atoms with Crippen molar-refractivity contribution in [1.29, 1.82) is 5.26 Å². The van der Waals surface area contributed by atoms with Crippen molar-refractivity contribution in [1.82, 2.24) is 4.57 Å². The zero-order chi connectivity index (χ0) is 22.3. The first kappa shape index (κ1) is 23.9. The zero-order valence-electron chi connectivity index (χ0n) is 15.7. The molecule has 0 aliphatic rings. The van der Waals surface area contributed by atoms with Gasteiger partial charge in [-0.25, -0.2) is 4.39 Å². The number of nitriles is 1. The molecule has 0 spiro atoms. The summed E-state index contributed by atoms with van der Waals surface area (Å²) in [4.78, 5) is 0. The Labute approximate surface area is 184 Å². The van der Waals surface area contributed by atoms with E-state index in [1.54, 1.807) is 49.4 Å². The molecule has 3 aromatic rings. The van der Waals surface area contributed by atoms with Gasteiger partial charge in [0.15, 0.2) is 0 Å². The summed E-state index contributed by atoms with van der Waals surface area (Å²) >= 11 is 8.73. The summed E-state index contributed by atoms with van der Waals surface area (Å²) in [5, 5.41) is 9.77. The molecule has 0 N–H and O–H groups in total. The van der Waals surface area contributed by atoms with Crippen LogP contribution in [0.2, 0.25) is 5.02 Å². The third-order valence-electron chi connectivity index (χ3n) is 3.86. The van der Waals surface area contributed by atoms with Crippen LogP contribution in [0.5, 0.6) is 0 Å². The van der Waals surface area contributed by atoms with Gasteiger partial charge in [-0.15, -0.1) is 0 Å². The normalized spacial score (nSPS) is 10.9. The van der Waals surface area contributed by atoms with Gasteiger partial charge in [-0.2, -0.15) is 18.4 Å². The summed E-state index contributed by atoms with van der Waals surface area (Å²) in [5.41, 5.74) is -0.467. The highest BCUT2D eigenvalue weighted by atomic mass is 79.9. The Kier molecular flexibility index (Phi) is 8.47. The molecule has 158 valence electrons. The topological polar surface area (TPSA) is 38.0 Å². The van der Waals surface area contributed by atoms with Crippen molar-refractivity contribution in [2.45, 2.75) is 19.8 Å². The molecular weight excluding hydrogens is 488 g/mol. The Morgan fingerprint density at radius 2 is 1.70 bits per heavy atom. The fourth-order valence-electron chi connectivity index (χ4n) is 2.60. The van der Waals surface area contributed by atoms with Crippen LogP contribution in [-0.2, 0) is 17.6 Å². The maximum absolute atomic E-state index is 13.4. The van der Waals surface area contributed by atoms with E-state index in [1.807, 2.05) is 6.07 Å². The van der Waals surface area contributed by atoms with Gasteiger partial charge in [-0.05, 0) is 52.7 Å². The van der Waals surface area contributed by atoms with Crippen molar-refractivity contribution in [3.05, 3.63) is 81.2 Å². The van der Waals surface area contributed by atoms with Gasteiger partial charge >= 0.3 is 6.18 Å². The average Bonchev–Trinajstić information content (AvgIpc) is 2.99. The van der Waals surface area contributed by atoms with Crippen LogP contribution in [-0.4, -0.2) is 11.2 Å². The van der Waals surface area contributed by atoms with Gasteiger partial charge in [0, 0.05) is 11.6 Å². The minimum Gasteiger partial charge on any atom is -0.361 e. The molecule has 0 bridgehead atoms. The quantitative estimate of drug-likeness (QED) is 0.351. The second-order valence-electron chi connectivity index (χ2n) is 5.85. The maximum Gasteiger partial charge on any atom is 0.432 e. The average molecular weight is 504 g/mol. The van der Waals surface area contributed by atoms with Crippen LogP contribution in [0.15, 0.2) is 59.1 Å². The second-order valence-corrected chi connectivity index (χ2v) is 7.08. The minimum absolute atomic E-state index is 0.0978. The number of hydrogen-bond acceptors (Lipinski definition) is 2. The van der Waals surface area contributed by atoms with Crippen LogP contribution >= 0.6 is 27.5 Å². The van der Waals surface area contributed by atoms with Crippen LogP contribution in [0.4, 0.5) is 17.6 Å². The van der Waals surface area contributed by atoms with E-state index in [2.05, 4.69) is 15.9 Å². The lowest BCUT2D eigenvalue weighted by Gasteiger charge is -2.15. The highest BCUT2D eigenvalue weighted by Crippen LogP contribution is 2.43. The van der Waals surface area contributed by atoms with E-state index in [4.69, 9.17) is 16.3 Å². The SMILES string of the molecule is CCOCn1c(-c2ccc(Cl)cc2)c(C#N)c(Br)c1C(F)(F)F.Fc1ccccc1. The molecule has 0 saturated carbocycles. The lowest BCUT2D eigenvalue weighted by Crippen LogP contribution is -2.16. The van der Waals surface area contributed by atoms with Crippen LogP contribution < -0.4 is 0 Å². The summed E-state index contributed by atoms with van der Waals surface area (Å²) in [7, 11) is 0. The van der Waals surface area contributed by atoms with Crippen molar-refractivity contribution in [3.8, 4) is 17.3 Å². The molecule has 0 atom stereocenters. The molecule has 1 heterocycles. The Bertz CT molecular complexity index is 1010. The van der Waals surface area contributed by atoms with Gasteiger partial charge in [0.2, 0.25) is 0 Å². The molecule has 0 fully saturated rings. The molecule has 30 heavy (non-hydrogen) atoms. The van der Waals surface area contributed by atoms with E-state index in [9.17, 15) is 22.8 Å². The predicted molar refractivity (Wildman–Crippen MR) is 110 cm³/mol. The maximum atomic E-state index is 13.4. The van der Waals surface area contributed by atoms with Crippen molar-refractivity contribution in [2.24, 2.45) is 0 Å². The Morgan fingerprint density at radius 3 is 2.13 bits per heavy atom. The van der Waals surface area contributed by atoms with Crippen molar-refractivity contribution < 1.29 is 22.3 Å². The van der Waals surface area contributed by atoms with Crippen molar-refractivity contribution >= 4 is 27.5 Å². The van der Waals surface area contributed by atoms with E-state index in [0.29, 0.717) is 10.6 Å². The molecule has 2 aromatic carbocycles. The number of benzene rings is 2. The molecule has 1 aromatic heterocycles. The number of hydrogen-bond donors (Lipinski definition) is 0. The summed E-state index contributed by atoms with van der Waals surface area (Å²) in [6.07, 6.45) is -4.63. The van der Waals surface area contributed by atoms with Gasteiger partial charge in [0.05, 0.1) is 15.7 Å². The van der Waals surface area contributed by atoms with E-state index in [0.717, 1.165) is 4.57 Å². The number of ether oxygens (including phenoxy) is 1. The van der Waals surface area contributed by atoms with E-state index in [-0.39, 0.29) is 34.9 Å². The summed E-state index contributed by atoms with van der Waals surface area (Å²) < 4.78 is 58.0. The number of halogens is 6. The van der Waals surface area contributed by atoms with Gasteiger partial charge in [0.25, 0.3) is 0 Å². The number of rotatable bonds is 4. The molecule has 9 heteroatoms. The van der Waals surface area contributed by atoms with E-state index < -0.39 is 11.9 Å². The molecule has 0 saturated heterocycles. The smallest absolute Gasteiger partial charge is 0.361 e. The van der Waals surface area contributed by atoms with Gasteiger partial charge in [0.1, 0.15) is 24.3 Å². The molecule has 3 nitrogen and oxygen atoms in total. The first-order chi connectivity index (χ1) is 14.2. The molecular formula is C21H16BrClF4N2O. The molecule has 0 aliphatic heterocycles. The van der Waals surface area contributed by atoms with Gasteiger partial charge in [-0.1, -0.05) is 41.9 Å². The lowest BCUT2D eigenvalue weighted by molar-refractivity contribution is -0.146. The van der Waals surface area contributed by atoms with E-state index in [1.165, 1.54) is 12.1 Å². The Balaban J connectivity index is 0.000000386.